The first-order valence-electron chi connectivity index (χ1n) is 3.82. The molecule has 0 spiro atoms. The van der Waals surface area contributed by atoms with Gasteiger partial charge >= 0.3 is 0 Å². The summed E-state index contributed by atoms with van der Waals surface area (Å²) in [6.45, 7) is 1.81. The van der Waals surface area contributed by atoms with Gasteiger partial charge in [0.15, 0.2) is 5.82 Å². The third kappa shape index (κ3) is 1.72. The van der Waals surface area contributed by atoms with Crippen molar-refractivity contribution >= 4 is 22.6 Å². The molecule has 3 nitrogen and oxygen atoms in total. The van der Waals surface area contributed by atoms with Crippen molar-refractivity contribution in [3.8, 4) is 11.5 Å². The summed E-state index contributed by atoms with van der Waals surface area (Å²) in [5.74, 6) is 1.25. The lowest BCUT2D eigenvalue weighted by Gasteiger charge is -1.95. The lowest BCUT2D eigenvalue weighted by molar-refractivity contribution is 0.425. The minimum atomic E-state index is 0.586. The van der Waals surface area contributed by atoms with E-state index in [4.69, 9.17) is 4.52 Å². The van der Waals surface area contributed by atoms with E-state index >= 15 is 0 Å². The average Bonchev–Trinajstić information content (AvgIpc) is 2.53. The maximum absolute atomic E-state index is 5.07. The van der Waals surface area contributed by atoms with Gasteiger partial charge in [0.05, 0.1) is 5.56 Å². The third-order valence-electron chi connectivity index (χ3n) is 1.63. The summed E-state index contributed by atoms with van der Waals surface area (Å²) in [7, 11) is 0. The van der Waals surface area contributed by atoms with E-state index < -0.39 is 0 Å². The van der Waals surface area contributed by atoms with Gasteiger partial charge in [-0.05, 0) is 41.6 Å². The van der Waals surface area contributed by atoms with Crippen LogP contribution in [0.4, 0.5) is 0 Å². The molecule has 0 saturated carbocycles. The third-order valence-corrected chi connectivity index (χ3v) is 2.57. The molecule has 2 aromatic rings. The fourth-order valence-electron chi connectivity index (χ4n) is 1.04. The van der Waals surface area contributed by atoms with Crippen molar-refractivity contribution < 1.29 is 4.52 Å². The van der Waals surface area contributed by atoms with Crippen LogP contribution in [0.25, 0.3) is 11.5 Å². The highest BCUT2D eigenvalue weighted by Crippen LogP contribution is 2.22. The monoisotopic (exact) mass is 286 g/mol. The molecular formula is C9H7IN2O. The van der Waals surface area contributed by atoms with E-state index in [9.17, 15) is 0 Å². The Balaban J connectivity index is 2.52. The summed E-state index contributed by atoms with van der Waals surface area (Å²) < 4.78 is 6.18. The molecule has 0 saturated heterocycles. The number of benzene rings is 1. The van der Waals surface area contributed by atoms with Crippen molar-refractivity contribution in [1.82, 2.24) is 10.1 Å². The lowest BCUT2D eigenvalue weighted by Crippen LogP contribution is -1.81. The molecule has 0 bridgehead atoms. The molecule has 0 aliphatic rings. The van der Waals surface area contributed by atoms with Gasteiger partial charge < -0.3 is 4.52 Å². The number of halogens is 1. The second kappa shape index (κ2) is 3.45. The van der Waals surface area contributed by atoms with Crippen molar-refractivity contribution in [3.63, 3.8) is 0 Å². The Morgan fingerprint density at radius 2 is 2.08 bits per heavy atom. The van der Waals surface area contributed by atoms with Crippen molar-refractivity contribution in [2.45, 2.75) is 6.92 Å². The highest BCUT2D eigenvalue weighted by molar-refractivity contribution is 14.1. The van der Waals surface area contributed by atoms with Gasteiger partial charge in [0.25, 0.3) is 5.89 Å². The largest absolute Gasteiger partial charge is 0.334 e. The maximum Gasteiger partial charge on any atom is 0.258 e. The Hall–Kier alpha value is -0.910. The molecule has 13 heavy (non-hydrogen) atoms. The Morgan fingerprint density at radius 1 is 1.31 bits per heavy atom. The molecule has 0 atom stereocenters. The number of rotatable bonds is 1. The fraction of sp³-hybridized carbons (Fsp3) is 0.111. The Bertz CT molecular complexity index is 425. The normalized spacial score (nSPS) is 10.3. The Kier molecular flexibility index (Phi) is 2.30. The van der Waals surface area contributed by atoms with Gasteiger partial charge in [-0.2, -0.15) is 4.98 Å². The van der Waals surface area contributed by atoms with Crippen LogP contribution in [0.5, 0.6) is 0 Å². The van der Waals surface area contributed by atoms with Crippen LogP contribution in [0.2, 0.25) is 0 Å². The molecule has 66 valence electrons. The van der Waals surface area contributed by atoms with E-state index in [0.29, 0.717) is 11.7 Å². The van der Waals surface area contributed by atoms with Gasteiger partial charge in [-0.3, -0.25) is 0 Å². The first kappa shape index (κ1) is 8.68. The zero-order chi connectivity index (χ0) is 9.26. The summed E-state index contributed by atoms with van der Waals surface area (Å²) in [6, 6.07) is 7.91. The quantitative estimate of drug-likeness (QED) is 0.756. The number of nitrogens with zero attached hydrogens (tertiary/aromatic N) is 2. The average molecular weight is 286 g/mol. The molecule has 1 heterocycles. The topological polar surface area (TPSA) is 38.9 Å². The van der Waals surface area contributed by atoms with Gasteiger partial charge in [-0.25, -0.2) is 0 Å². The molecule has 0 radical (unpaired) electrons. The van der Waals surface area contributed by atoms with E-state index in [2.05, 4.69) is 32.7 Å². The molecule has 1 aromatic heterocycles. The Labute approximate surface area is 89.3 Å². The van der Waals surface area contributed by atoms with E-state index in [1.54, 1.807) is 0 Å². The minimum Gasteiger partial charge on any atom is -0.334 e. The standard InChI is InChI=1S/C9H7IN2O/c1-6-11-9(13-12-6)7-4-2-3-5-8(7)10/h2-5H,1H3. The number of hydrogen-bond acceptors (Lipinski definition) is 3. The van der Waals surface area contributed by atoms with Crippen LogP contribution < -0.4 is 0 Å². The molecule has 0 aliphatic carbocycles. The van der Waals surface area contributed by atoms with Gasteiger partial charge in [0.2, 0.25) is 0 Å². The van der Waals surface area contributed by atoms with Crippen LogP contribution in [0, 0.1) is 10.5 Å². The molecule has 1 aromatic carbocycles. The second-order valence-electron chi connectivity index (χ2n) is 2.63. The number of aryl methyl sites for hydroxylation is 1. The Morgan fingerprint density at radius 3 is 2.69 bits per heavy atom. The first-order valence-corrected chi connectivity index (χ1v) is 4.90. The fourth-order valence-corrected chi connectivity index (χ4v) is 1.66. The van der Waals surface area contributed by atoms with E-state index in [0.717, 1.165) is 9.13 Å². The molecular weight excluding hydrogens is 279 g/mol. The second-order valence-corrected chi connectivity index (χ2v) is 3.79. The van der Waals surface area contributed by atoms with Gasteiger partial charge in [0.1, 0.15) is 0 Å². The molecule has 0 amide bonds. The van der Waals surface area contributed by atoms with Gasteiger partial charge in [-0.1, -0.05) is 17.3 Å². The highest BCUT2D eigenvalue weighted by atomic mass is 127. The summed E-state index contributed by atoms with van der Waals surface area (Å²) in [5.41, 5.74) is 0.990. The summed E-state index contributed by atoms with van der Waals surface area (Å²) >= 11 is 2.25. The van der Waals surface area contributed by atoms with E-state index in [1.165, 1.54) is 0 Å². The number of hydrogen-bond donors (Lipinski definition) is 0. The summed E-state index contributed by atoms with van der Waals surface area (Å²) in [6.07, 6.45) is 0. The highest BCUT2D eigenvalue weighted by Gasteiger charge is 2.08. The molecule has 0 aliphatic heterocycles. The molecule has 0 N–H and O–H groups in total. The smallest absolute Gasteiger partial charge is 0.258 e. The van der Waals surface area contributed by atoms with Crippen molar-refractivity contribution in [1.29, 1.82) is 0 Å². The van der Waals surface area contributed by atoms with Gasteiger partial charge in [0, 0.05) is 3.57 Å². The van der Waals surface area contributed by atoms with Gasteiger partial charge in [-0.15, -0.1) is 0 Å². The SMILES string of the molecule is Cc1noc(-c2ccccc2I)n1. The predicted octanol–water partition coefficient (Wildman–Crippen LogP) is 2.65. The van der Waals surface area contributed by atoms with Crippen LogP contribution in [-0.2, 0) is 0 Å². The van der Waals surface area contributed by atoms with E-state index in [1.807, 2.05) is 31.2 Å². The van der Waals surface area contributed by atoms with Crippen LogP contribution in [0.3, 0.4) is 0 Å². The molecule has 2 rings (SSSR count). The zero-order valence-corrected chi connectivity index (χ0v) is 9.15. The van der Waals surface area contributed by atoms with Crippen LogP contribution >= 0.6 is 22.6 Å². The molecule has 0 unspecified atom stereocenters. The minimum absolute atomic E-state index is 0.586. The van der Waals surface area contributed by atoms with Crippen LogP contribution in [0.15, 0.2) is 28.8 Å². The van der Waals surface area contributed by atoms with E-state index in [-0.39, 0.29) is 0 Å². The summed E-state index contributed by atoms with van der Waals surface area (Å²) in [4.78, 5) is 4.16. The van der Waals surface area contributed by atoms with Crippen molar-refractivity contribution in [3.05, 3.63) is 33.7 Å². The maximum atomic E-state index is 5.07. The van der Waals surface area contributed by atoms with Crippen molar-refractivity contribution in [2.24, 2.45) is 0 Å². The predicted molar refractivity (Wildman–Crippen MR) is 57.2 cm³/mol. The van der Waals surface area contributed by atoms with Crippen LogP contribution in [0.1, 0.15) is 5.82 Å². The van der Waals surface area contributed by atoms with Crippen molar-refractivity contribution in [2.75, 3.05) is 0 Å². The molecule has 4 heteroatoms. The first-order chi connectivity index (χ1) is 6.27. The summed E-state index contributed by atoms with van der Waals surface area (Å²) in [5, 5.41) is 3.74. The lowest BCUT2D eigenvalue weighted by atomic mass is 10.2. The van der Waals surface area contributed by atoms with Crippen LogP contribution in [-0.4, -0.2) is 10.1 Å². The zero-order valence-electron chi connectivity index (χ0n) is 6.99. The molecule has 0 fully saturated rings. The number of aromatic nitrogens is 2.